The first kappa shape index (κ1) is 14.3. The predicted molar refractivity (Wildman–Crippen MR) is 73.8 cm³/mol. The molecular weight excluding hydrogens is 258 g/mol. The standard InChI is InChI=1S/C14H19N3O3/c1-10-15-16-14(20-10)9-17(2)8-11-5-6-12(18-3)13(7-11)19-4/h5-7H,8-9H2,1-4H3. The molecule has 6 nitrogen and oxygen atoms in total. The first-order chi connectivity index (χ1) is 9.62. The van der Waals surface area contributed by atoms with Gasteiger partial charge in [0.25, 0.3) is 0 Å². The highest BCUT2D eigenvalue weighted by molar-refractivity contribution is 5.42. The summed E-state index contributed by atoms with van der Waals surface area (Å²) in [6.45, 7) is 3.14. The fraction of sp³-hybridized carbons (Fsp3) is 0.429. The molecular formula is C14H19N3O3. The molecule has 0 atom stereocenters. The smallest absolute Gasteiger partial charge is 0.230 e. The van der Waals surface area contributed by atoms with Crippen molar-refractivity contribution in [1.29, 1.82) is 0 Å². The van der Waals surface area contributed by atoms with Crippen LogP contribution < -0.4 is 9.47 Å². The summed E-state index contributed by atoms with van der Waals surface area (Å²) >= 11 is 0. The molecule has 1 heterocycles. The first-order valence-corrected chi connectivity index (χ1v) is 6.31. The summed E-state index contributed by atoms with van der Waals surface area (Å²) in [5, 5.41) is 7.80. The van der Waals surface area contributed by atoms with Gasteiger partial charge in [0.05, 0.1) is 20.8 Å². The SMILES string of the molecule is COc1ccc(CN(C)Cc2nnc(C)o2)cc1OC. The lowest BCUT2D eigenvalue weighted by Gasteiger charge is -2.15. The Hall–Kier alpha value is -2.08. The lowest BCUT2D eigenvalue weighted by molar-refractivity contribution is 0.278. The normalized spacial score (nSPS) is 10.8. The van der Waals surface area contributed by atoms with Gasteiger partial charge in [0, 0.05) is 13.5 Å². The molecule has 2 aromatic rings. The van der Waals surface area contributed by atoms with Crippen LogP contribution in [0.1, 0.15) is 17.3 Å². The predicted octanol–water partition coefficient (Wildman–Crippen LogP) is 2.03. The lowest BCUT2D eigenvalue weighted by atomic mass is 10.2. The Labute approximate surface area is 118 Å². The number of aromatic nitrogens is 2. The van der Waals surface area contributed by atoms with E-state index in [0.717, 1.165) is 23.6 Å². The third-order valence-electron chi connectivity index (χ3n) is 2.87. The van der Waals surface area contributed by atoms with Crippen LogP contribution in [0.15, 0.2) is 22.6 Å². The van der Waals surface area contributed by atoms with E-state index >= 15 is 0 Å². The number of hydrogen-bond acceptors (Lipinski definition) is 6. The zero-order valence-electron chi connectivity index (χ0n) is 12.2. The quantitative estimate of drug-likeness (QED) is 0.805. The first-order valence-electron chi connectivity index (χ1n) is 6.31. The number of methoxy groups -OCH3 is 2. The van der Waals surface area contributed by atoms with Gasteiger partial charge in [-0.25, -0.2) is 0 Å². The van der Waals surface area contributed by atoms with Gasteiger partial charge in [0.2, 0.25) is 11.8 Å². The van der Waals surface area contributed by atoms with Crippen LogP contribution in [-0.2, 0) is 13.1 Å². The average Bonchev–Trinajstić information content (AvgIpc) is 2.83. The van der Waals surface area contributed by atoms with Crippen molar-refractivity contribution < 1.29 is 13.9 Å². The molecule has 0 N–H and O–H groups in total. The van der Waals surface area contributed by atoms with E-state index in [1.165, 1.54) is 0 Å². The van der Waals surface area contributed by atoms with E-state index in [4.69, 9.17) is 13.9 Å². The van der Waals surface area contributed by atoms with Crippen LogP contribution in [0.3, 0.4) is 0 Å². The zero-order chi connectivity index (χ0) is 14.5. The summed E-state index contributed by atoms with van der Waals surface area (Å²) in [6.07, 6.45) is 0. The van der Waals surface area contributed by atoms with Crippen LogP contribution in [0.25, 0.3) is 0 Å². The van der Waals surface area contributed by atoms with Gasteiger partial charge in [-0.05, 0) is 24.7 Å². The molecule has 0 saturated heterocycles. The van der Waals surface area contributed by atoms with Crippen molar-refractivity contribution in [2.75, 3.05) is 21.3 Å². The summed E-state index contributed by atoms with van der Waals surface area (Å²) < 4.78 is 15.9. The van der Waals surface area contributed by atoms with Gasteiger partial charge in [-0.1, -0.05) is 6.07 Å². The van der Waals surface area contributed by atoms with Crippen LogP contribution in [0, 0.1) is 6.92 Å². The van der Waals surface area contributed by atoms with E-state index in [0.29, 0.717) is 18.3 Å². The number of nitrogens with zero attached hydrogens (tertiary/aromatic N) is 3. The van der Waals surface area contributed by atoms with Crippen molar-refractivity contribution in [3.63, 3.8) is 0 Å². The van der Waals surface area contributed by atoms with Crippen molar-refractivity contribution in [3.8, 4) is 11.5 Å². The minimum absolute atomic E-state index is 0.583. The second kappa shape index (κ2) is 6.38. The van der Waals surface area contributed by atoms with E-state index in [-0.39, 0.29) is 0 Å². The molecule has 0 amide bonds. The molecule has 0 aliphatic carbocycles. The highest BCUT2D eigenvalue weighted by Gasteiger charge is 2.09. The maximum atomic E-state index is 5.36. The molecule has 0 aliphatic heterocycles. The average molecular weight is 277 g/mol. The molecule has 0 spiro atoms. The van der Waals surface area contributed by atoms with Gasteiger partial charge in [-0.3, -0.25) is 4.90 Å². The van der Waals surface area contributed by atoms with Crippen LogP contribution in [0.4, 0.5) is 0 Å². The minimum atomic E-state index is 0.583. The maximum absolute atomic E-state index is 5.36. The van der Waals surface area contributed by atoms with Crippen LogP contribution >= 0.6 is 0 Å². The van der Waals surface area contributed by atoms with Gasteiger partial charge in [-0.2, -0.15) is 0 Å². The van der Waals surface area contributed by atoms with Gasteiger partial charge >= 0.3 is 0 Å². The molecule has 0 unspecified atom stereocenters. The van der Waals surface area contributed by atoms with Gasteiger partial charge in [-0.15, -0.1) is 10.2 Å². The Kier molecular flexibility index (Phi) is 4.57. The lowest BCUT2D eigenvalue weighted by Crippen LogP contribution is -2.17. The molecule has 0 saturated carbocycles. The summed E-state index contributed by atoms with van der Waals surface area (Å²) in [5.41, 5.74) is 1.13. The number of rotatable bonds is 6. The monoisotopic (exact) mass is 277 g/mol. The summed E-state index contributed by atoms with van der Waals surface area (Å²) in [7, 11) is 5.25. The van der Waals surface area contributed by atoms with Crippen molar-refractivity contribution >= 4 is 0 Å². The Morgan fingerprint density at radius 2 is 1.85 bits per heavy atom. The molecule has 2 rings (SSSR count). The van der Waals surface area contributed by atoms with Crippen molar-refractivity contribution in [2.45, 2.75) is 20.0 Å². The molecule has 108 valence electrons. The summed E-state index contributed by atoms with van der Waals surface area (Å²) in [4.78, 5) is 2.09. The minimum Gasteiger partial charge on any atom is -0.493 e. The molecule has 0 fully saturated rings. The Morgan fingerprint density at radius 1 is 1.10 bits per heavy atom. The largest absolute Gasteiger partial charge is 0.493 e. The van der Waals surface area contributed by atoms with E-state index in [1.807, 2.05) is 25.2 Å². The highest BCUT2D eigenvalue weighted by atomic mass is 16.5. The maximum Gasteiger partial charge on any atom is 0.230 e. The molecule has 0 aliphatic rings. The summed E-state index contributed by atoms with van der Waals surface area (Å²) in [5.74, 6) is 2.66. The second-order valence-electron chi connectivity index (χ2n) is 4.58. The third-order valence-corrected chi connectivity index (χ3v) is 2.87. The molecule has 1 aromatic heterocycles. The fourth-order valence-corrected chi connectivity index (χ4v) is 1.98. The second-order valence-corrected chi connectivity index (χ2v) is 4.58. The topological polar surface area (TPSA) is 60.6 Å². The molecule has 20 heavy (non-hydrogen) atoms. The van der Waals surface area contributed by atoms with Gasteiger partial charge in [0.1, 0.15) is 0 Å². The van der Waals surface area contributed by atoms with Crippen molar-refractivity contribution in [3.05, 3.63) is 35.5 Å². The third kappa shape index (κ3) is 3.48. The van der Waals surface area contributed by atoms with Crippen LogP contribution in [0.2, 0.25) is 0 Å². The van der Waals surface area contributed by atoms with Crippen molar-refractivity contribution in [2.24, 2.45) is 0 Å². The molecule has 0 bridgehead atoms. The van der Waals surface area contributed by atoms with Gasteiger partial charge < -0.3 is 13.9 Å². The van der Waals surface area contributed by atoms with E-state index in [9.17, 15) is 0 Å². The summed E-state index contributed by atoms with van der Waals surface area (Å²) in [6, 6.07) is 5.88. The zero-order valence-corrected chi connectivity index (χ0v) is 12.2. The molecule has 6 heteroatoms. The van der Waals surface area contributed by atoms with Crippen LogP contribution in [-0.4, -0.2) is 36.4 Å². The Morgan fingerprint density at radius 3 is 2.45 bits per heavy atom. The highest BCUT2D eigenvalue weighted by Crippen LogP contribution is 2.28. The van der Waals surface area contributed by atoms with E-state index < -0.39 is 0 Å². The number of ether oxygens (including phenoxy) is 2. The van der Waals surface area contributed by atoms with E-state index in [2.05, 4.69) is 15.1 Å². The Balaban J connectivity index is 2.02. The number of aryl methyl sites for hydroxylation is 1. The number of hydrogen-bond donors (Lipinski definition) is 0. The van der Waals surface area contributed by atoms with Gasteiger partial charge in [0.15, 0.2) is 11.5 Å². The molecule has 1 aromatic carbocycles. The Bertz CT molecular complexity index is 569. The van der Waals surface area contributed by atoms with E-state index in [1.54, 1.807) is 21.1 Å². The van der Waals surface area contributed by atoms with Crippen molar-refractivity contribution in [1.82, 2.24) is 15.1 Å². The molecule has 0 radical (unpaired) electrons. The van der Waals surface area contributed by atoms with Crippen LogP contribution in [0.5, 0.6) is 11.5 Å². The number of benzene rings is 1. The fourth-order valence-electron chi connectivity index (χ4n) is 1.98.